The molecule has 2 N–H and O–H groups in total. The van der Waals surface area contributed by atoms with Gasteiger partial charge in [-0.1, -0.05) is 6.92 Å². The summed E-state index contributed by atoms with van der Waals surface area (Å²) in [6.07, 6.45) is 0.957. The van der Waals surface area contributed by atoms with E-state index >= 15 is 0 Å². The van der Waals surface area contributed by atoms with Crippen LogP contribution >= 0.6 is 15.9 Å². The number of aromatic nitrogens is 2. The Labute approximate surface area is 119 Å². The first-order valence-corrected chi connectivity index (χ1v) is 7.52. The molecule has 0 saturated carbocycles. The number of halogens is 1. The summed E-state index contributed by atoms with van der Waals surface area (Å²) in [5.41, 5.74) is 8.09. The van der Waals surface area contributed by atoms with Gasteiger partial charge in [0.25, 0.3) is 0 Å². The Balaban J connectivity index is 2.96. The predicted octanol–water partition coefficient (Wildman–Crippen LogP) is 2.40. The van der Waals surface area contributed by atoms with Crippen molar-refractivity contribution >= 4 is 15.9 Å². The van der Waals surface area contributed by atoms with E-state index in [-0.39, 0.29) is 0 Å². The molecule has 1 aromatic heterocycles. The number of nitrogens with zero attached hydrogens (tertiary/aromatic N) is 3. The average Bonchev–Trinajstić information content (AvgIpc) is 2.65. The summed E-state index contributed by atoms with van der Waals surface area (Å²) in [6, 6.07) is 0.491. The summed E-state index contributed by atoms with van der Waals surface area (Å²) >= 11 is 3.69. The van der Waals surface area contributed by atoms with Crippen LogP contribution in [0.25, 0.3) is 0 Å². The zero-order valence-corrected chi connectivity index (χ0v) is 13.5. The lowest BCUT2D eigenvalue weighted by atomic mass is 10.2. The molecule has 104 valence electrons. The van der Waals surface area contributed by atoms with E-state index in [1.54, 1.807) is 0 Å². The van der Waals surface area contributed by atoms with Crippen molar-refractivity contribution in [1.82, 2.24) is 14.7 Å². The topological polar surface area (TPSA) is 47.1 Å². The fourth-order valence-corrected chi connectivity index (χ4v) is 2.74. The maximum atomic E-state index is 5.69. The van der Waals surface area contributed by atoms with Gasteiger partial charge in [-0.05, 0) is 43.1 Å². The third-order valence-electron chi connectivity index (χ3n) is 3.19. The molecular weight excluding hydrogens is 292 g/mol. The van der Waals surface area contributed by atoms with E-state index in [1.807, 2.05) is 0 Å². The summed E-state index contributed by atoms with van der Waals surface area (Å²) in [4.78, 5) is 2.38. The zero-order chi connectivity index (χ0) is 13.7. The van der Waals surface area contributed by atoms with E-state index in [0.29, 0.717) is 12.6 Å². The SMILES string of the molecule is CCc1nn(CC)c(CN(CCN)C(C)C)c1Br. The fourth-order valence-electron chi connectivity index (χ4n) is 2.05. The second-order valence-electron chi connectivity index (χ2n) is 4.73. The molecule has 0 aliphatic carbocycles. The highest BCUT2D eigenvalue weighted by Gasteiger charge is 2.18. The first-order valence-electron chi connectivity index (χ1n) is 6.73. The van der Waals surface area contributed by atoms with Crippen LogP contribution in [0.5, 0.6) is 0 Å². The molecule has 5 heteroatoms. The van der Waals surface area contributed by atoms with Crippen molar-refractivity contribution in [2.45, 2.75) is 53.2 Å². The largest absolute Gasteiger partial charge is 0.329 e. The Hall–Kier alpha value is -0.390. The van der Waals surface area contributed by atoms with E-state index in [9.17, 15) is 0 Å². The Kier molecular flexibility index (Phi) is 6.32. The predicted molar refractivity (Wildman–Crippen MR) is 79.6 cm³/mol. The molecular formula is C13H25BrN4. The van der Waals surface area contributed by atoms with Crippen LogP contribution < -0.4 is 5.73 Å². The lowest BCUT2D eigenvalue weighted by Gasteiger charge is -2.26. The van der Waals surface area contributed by atoms with Crippen molar-refractivity contribution in [2.24, 2.45) is 5.73 Å². The van der Waals surface area contributed by atoms with Crippen LogP contribution in [0.15, 0.2) is 4.47 Å². The first-order chi connectivity index (χ1) is 8.54. The van der Waals surface area contributed by atoms with Gasteiger partial charge in [-0.15, -0.1) is 0 Å². The molecule has 0 aliphatic rings. The third-order valence-corrected chi connectivity index (χ3v) is 4.11. The lowest BCUT2D eigenvalue weighted by molar-refractivity contribution is 0.212. The maximum Gasteiger partial charge on any atom is 0.0767 e. The van der Waals surface area contributed by atoms with E-state index in [0.717, 1.165) is 36.2 Å². The van der Waals surface area contributed by atoms with Gasteiger partial charge in [-0.25, -0.2) is 0 Å². The highest BCUT2D eigenvalue weighted by molar-refractivity contribution is 9.10. The van der Waals surface area contributed by atoms with E-state index < -0.39 is 0 Å². The summed E-state index contributed by atoms with van der Waals surface area (Å²) in [6.45, 7) is 12.1. The zero-order valence-electron chi connectivity index (χ0n) is 11.9. The molecule has 0 bridgehead atoms. The first kappa shape index (κ1) is 15.7. The molecule has 0 radical (unpaired) electrons. The Morgan fingerprint density at radius 2 is 2.06 bits per heavy atom. The Morgan fingerprint density at radius 1 is 1.39 bits per heavy atom. The molecule has 0 saturated heterocycles. The Morgan fingerprint density at radius 3 is 2.50 bits per heavy atom. The Bertz CT molecular complexity index is 373. The molecule has 0 aromatic carbocycles. The summed E-state index contributed by atoms with van der Waals surface area (Å²) in [5.74, 6) is 0. The average molecular weight is 317 g/mol. The number of nitrogens with two attached hydrogens (primary N) is 1. The van der Waals surface area contributed by atoms with Gasteiger partial charge in [0.2, 0.25) is 0 Å². The van der Waals surface area contributed by atoms with Gasteiger partial charge in [-0.3, -0.25) is 9.58 Å². The minimum atomic E-state index is 0.491. The van der Waals surface area contributed by atoms with Crippen molar-refractivity contribution in [3.63, 3.8) is 0 Å². The summed E-state index contributed by atoms with van der Waals surface area (Å²) in [7, 11) is 0. The number of hydrogen-bond donors (Lipinski definition) is 1. The second-order valence-corrected chi connectivity index (χ2v) is 5.52. The van der Waals surface area contributed by atoms with Crippen molar-refractivity contribution in [1.29, 1.82) is 0 Å². The van der Waals surface area contributed by atoms with Gasteiger partial charge in [0, 0.05) is 32.2 Å². The maximum absolute atomic E-state index is 5.69. The molecule has 0 aliphatic heterocycles. The van der Waals surface area contributed by atoms with Crippen LogP contribution in [-0.2, 0) is 19.5 Å². The van der Waals surface area contributed by atoms with Crippen LogP contribution in [0.3, 0.4) is 0 Å². The number of hydrogen-bond acceptors (Lipinski definition) is 3. The van der Waals surface area contributed by atoms with E-state index in [4.69, 9.17) is 5.73 Å². The minimum Gasteiger partial charge on any atom is -0.329 e. The van der Waals surface area contributed by atoms with Crippen LogP contribution in [-0.4, -0.2) is 33.8 Å². The van der Waals surface area contributed by atoms with Crippen molar-refractivity contribution in [2.75, 3.05) is 13.1 Å². The van der Waals surface area contributed by atoms with Gasteiger partial charge in [0.05, 0.1) is 15.9 Å². The molecule has 0 spiro atoms. The number of rotatable bonds is 7. The molecule has 4 nitrogen and oxygen atoms in total. The van der Waals surface area contributed by atoms with Crippen molar-refractivity contribution in [3.05, 3.63) is 15.9 Å². The molecule has 0 unspecified atom stereocenters. The van der Waals surface area contributed by atoms with Crippen molar-refractivity contribution < 1.29 is 0 Å². The number of aryl methyl sites for hydroxylation is 2. The smallest absolute Gasteiger partial charge is 0.0767 e. The molecule has 1 heterocycles. The standard InChI is InChI=1S/C13H25BrN4/c1-5-11-13(14)12(18(6-2)16-11)9-17(8-7-15)10(3)4/h10H,5-9,15H2,1-4H3. The van der Waals surface area contributed by atoms with Gasteiger partial charge < -0.3 is 5.73 Å². The normalized spacial score (nSPS) is 11.8. The van der Waals surface area contributed by atoms with Crippen molar-refractivity contribution in [3.8, 4) is 0 Å². The summed E-state index contributed by atoms with van der Waals surface area (Å²) in [5, 5.41) is 4.63. The van der Waals surface area contributed by atoms with E-state index in [1.165, 1.54) is 5.69 Å². The van der Waals surface area contributed by atoms with Crippen LogP contribution in [0, 0.1) is 0 Å². The molecule has 0 atom stereocenters. The molecule has 1 aromatic rings. The van der Waals surface area contributed by atoms with Crippen LogP contribution in [0.4, 0.5) is 0 Å². The lowest BCUT2D eigenvalue weighted by Crippen LogP contribution is -2.35. The van der Waals surface area contributed by atoms with Crippen LogP contribution in [0.1, 0.15) is 39.1 Å². The third kappa shape index (κ3) is 3.56. The quantitative estimate of drug-likeness (QED) is 0.840. The highest BCUT2D eigenvalue weighted by Crippen LogP contribution is 2.24. The van der Waals surface area contributed by atoms with Crippen LogP contribution in [0.2, 0.25) is 0 Å². The molecule has 1 rings (SSSR count). The van der Waals surface area contributed by atoms with E-state index in [2.05, 4.69) is 58.3 Å². The van der Waals surface area contributed by atoms with Gasteiger partial charge in [0.1, 0.15) is 0 Å². The summed E-state index contributed by atoms with van der Waals surface area (Å²) < 4.78 is 3.25. The minimum absolute atomic E-state index is 0.491. The molecule has 18 heavy (non-hydrogen) atoms. The van der Waals surface area contributed by atoms with Gasteiger partial charge >= 0.3 is 0 Å². The second kappa shape index (κ2) is 7.26. The molecule has 0 fully saturated rings. The highest BCUT2D eigenvalue weighted by atomic mass is 79.9. The monoisotopic (exact) mass is 316 g/mol. The van der Waals surface area contributed by atoms with Gasteiger partial charge in [0.15, 0.2) is 0 Å². The fraction of sp³-hybridized carbons (Fsp3) is 0.769. The molecule has 0 amide bonds. The van der Waals surface area contributed by atoms with Gasteiger partial charge in [-0.2, -0.15) is 5.10 Å².